The molecule has 1 aliphatic carbocycles. The lowest BCUT2D eigenvalue weighted by atomic mass is 9.90. The summed E-state index contributed by atoms with van der Waals surface area (Å²) in [5.41, 5.74) is 5.33. The van der Waals surface area contributed by atoms with Crippen LogP contribution in [0.2, 0.25) is 0 Å². The van der Waals surface area contributed by atoms with Crippen molar-refractivity contribution in [2.24, 2.45) is 0 Å². The number of ketones is 2. The highest BCUT2D eigenvalue weighted by atomic mass is 16.1. The topological polar surface area (TPSA) is 64.8 Å². The molecule has 0 spiro atoms. The van der Waals surface area contributed by atoms with Gasteiger partial charge < -0.3 is 4.57 Å². The highest BCUT2D eigenvalue weighted by Crippen LogP contribution is 2.23. The second-order valence-electron chi connectivity index (χ2n) is 6.44. The van der Waals surface area contributed by atoms with Gasteiger partial charge in [0.15, 0.2) is 5.78 Å². The van der Waals surface area contributed by atoms with Crippen LogP contribution in [0.15, 0.2) is 60.6 Å². The van der Waals surface area contributed by atoms with E-state index in [2.05, 4.69) is 40.5 Å². The molecule has 5 heteroatoms. The Balaban J connectivity index is 1.61. The molecule has 0 amide bonds. The van der Waals surface area contributed by atoms with Crippen LogP contribution < -0.4 is 0 Å². The molecule has 0 unspecified atom stereocenters. The van der Waals surface area contributed by atoms with E-state index in [1.165, 1.54) is 30.0 Å². The van der Waals surface area contributed by atoms with E-state index < -0.39 is 0 Å². The quantitative estimate of drug-likeness (QED) is 0.731. The zero-order valence-corrected chi connectivity index (χ0v) is 14.6. The Morgan fingerprint density at radius 3 is 2.35 bits per heavy atom. The molecule has 0 saturated heterocycles. The SMILES string of the molecule is Cc1ccc(C)n1-c1ccc(CC2=CC(=O)c3ncncc3C2=O)cc1. The second-order valence-corrected chi connectivity index (χ2v) is 6.44. The minimum absolute atomic E-state index is 0.179. The van der Waals surface area contributed by atoms with Gasteiger partial charge in [-0.1, -0.05) is 12.1 Å². The monoisotopic (exact) mass is 343 g/mol. The molecule has 0 radical (unpaired) electrons. The first-order chi connectivity index (χ1) is 12.5. The molecule has 0 bridgehead atoms. The van der Waals surface area contributed by atoms with Crippen LogP contribution in [0.5, 0.6) is 0 Å². The third-order valence-electron chi connectivity index (χ3n) is 4.65. The minimum Gasteiger partial charge on any atom is -0.319 e. The number of hydrogen-bond donors (Lipinski definition) is 0. The fraction of sp³-hybridized carbons (Fsp3) is 0.143. The molecule has 26 heavy (non-hydrogen) atoms. The predicted molar refractivity (Wildman–Crippen MR) is 97.7 cm³/mol. The second kappa shape index (κ2) is 6.19. The standard InChI is InChI=1S/C21H17N3O2/c1-13-3-4-14(2)24(13)17-7-5-15(6-8-17)9-16-10-19(25)20-18(21(16)26)11-22-12-23-20/h3-8,10-12H,9H2,1-2H3. The zero-order chi connectivity index (χ0) is 18.3. The first-order valence-electron chi connectivity index (χ1n) is 8.38. The lowest BCUT2D eigenvalue weighted by Gasteiger charge is -2.14. The number of nitrogens with zero attached hydrogens (tertiary/aromatic N) is 3. The van der Waals surface area contributed by atoms with Gasteiger partial charge in [0.05, 0.1) is 5.56 Å². The molecular weight excluding hydrogens is 326 g/mol. The summed E-state index contributed by atoms with van der Waals surface area (Å²) in [6.07, 6.45) is 4.50. The van der Waals surface area contributed by atoms with Gasteiger partial charge >= 0.3 is 0 Å². The first-order valence-corrected chi connectivity index (χ1v) is 8.38. The molecular formula is C21H17N3O2. The molecule has 0 fully saturated rings. The Hall–Kier alpha value is -3.34. The summed E-state index contributed by atoms with van der Waals surface area (Å²) in [5.74, 6) is -0.423. The maximum atomic E-state index is 12.6. The molecule has 0 aliphatic heterocycles. The van der Waals surface area contributed by atoms with Gasteiger partial charge in [-0.05, 0) is 49.8 Å². The lowest BCUT2D eigenvalue weighted by molar-refractivity contribution is 0.0978. The largest absolute Gasteiger partial charge is 0.319 e. The van der Waals surface area contributed by atoms with Gasteiger partial charge in [0.25, 0.3) is 0 Å². The van der Waals surface area contributed by atoms with Gasteiger partial charge in [0, 0.05) is 35.3 Å². The molecule has 1 aromatic carbocycles. The van der Waals surface area contributed by atoms with Crippen LogP contribution in [-0.4, -0.2) is 26.1 Å². The molecule has 2 aromatic heterocycles. The highest BCUT2D eigenvalue weighted by Gasteiger charge is 2.26. The number of benzene rings is 1. The van der Waals surface area contributed by atoms with E-state index in [1.54, 1.807) is 0 Å². The maximum Gasteiger partial charge on any atom is 0.205 e. The van der Waals surface area contributed by atoms with Crippen LogP contribution in [0.25, 0.3) is 5.69 Å². The number of fused-ring (bicyclic) bond motifs is 1. The van der Waals surface area contributed by atoms with E-state index in [0.29, 0.717) is 12.0 Å². The van der Waals surface area contributed by atoms with E-state index in [-0.39, 0.29) is 22.8 Å². The molecule has 2 heterocycles. The molecule has 0 N–H and O–H groups in total. The van der Waals surface area contributed by atoms with Gasteiger partial charge in [-0.2, -0.15) is 0 Å². The first kappa shape index (κ1) is 16.1. The van der Waals surface area contributed by atoms with Crippen LogP contribution >= 0.6 is 0 Å². The number of rotatable bonds is 3. The van der Waals surface area contributed by atoms with E-state index in [0.717, 1.165) is 11.3 Å². The minimum atomic E-state index is -0.243. The molecule has 0 saturated carbocycles. The average molecular weight is 343 g/mol. The van der Waals surface area contributed by atoms with E-state index in [4.69, 9.17) is 0 Å². The van der Waals surface area contributed by atoms with Gasteiger partial charge in [0.2, 0.25) is 5.78 Å². The fourth-order valence-corrected chi connectivity index (χ4v) is 3.35. The summed E-state index contributed by atoms with van der Waals surface area (Å²) in [5, 5.41) is 0. The Labute approximate surface area is 151 Å². The van der Waals surface area contributed by atoms with Crippen molar-refractivity contribution in [3.63, 3.8) is 0 Å². The van der Waals surface area contributed by atoms with E-state index >= 15 is 0 Å². The molecule has 4 rings (SSSR count). The van der Waals surface area contributed by atoms with Gasteiger partial charge in [-0.25, -0.2) is 9.97 Å². The highest BCUT2D eigenvalue weighted by molar-refractivity contribution is 6.23. The smallest absolute Gasteiger partial charge is 0.205 e. The molecule has 3 aromatic rings. The molecule has 5 nitrogen and oxygen atoms in total. The van der Waals surface area contributed by atoms with Gasteiger partial charge in [-0.3, -0.25) is 9.59 Å². The zero-order valence-electron chi connectivity index (χ0n) is 14.6. The summed E-state index contributed by atoms with van der Waals surface area (Å²) < 4.78 is 2.17. The van der Waals surface area contributed by atoms with Crippen LogP contribution in [0.4, 0.5) is 0 Å². The number of hydrogen-bond acceptors (Lipinski definition) is 4. The summed E-state index contributed by atoms with van der Waals surface area (Å²) in [7, 11) is 0. The number of allylic oxidation sites excluding steroid dienone is 2. The number of Topliss-reactive ketones (excluding diaryl/α,β-unsaturated/α-hetero) is 1. The molecule has 1 aliphatic rings. The Morgan fingerprint density at radius 2 is 1.65 bits per heavy atom. The van der Waals surface area contributed by atoms with Gasteiger partial charge in [0.1, 0.15) is 12.0 Å². The number of aromatic nitrogens is 3. The Morgan fingerprint density at radius 1 is 0.962 bits per heavy atom. The lowest BCUT2D eigenvalue weighted by Crippen LogP contribution is -2.20. The van der Waals surface area contributed by atoms with Crippen LogP contribution in [0.3, 0.4) is 0 Å². The summed E-state index contributed by atoms with van der Waals surface area (Å²) in [4.78, 5) is 32.6. The molecule has 0 atom stereocenters. The normalized spacial score (nSPS) is 13.5. The summed E-state index contributed by atoms with van der Waals surface area (Å²) in [6.45, 7) is 4.13. The van der Waals surface area contributed by atoms with E-state index in [1.807, 2.05) is 24.3 Å². The number of carbonyl (C=O) groups excluding carboxylic acids is 2. The Bertz CT molecular complexity index is 1040. The summed E-state index contributed by atoms with van der Waals surface area (Å²) in [6, 6.07) is 12.2. The van der Waals surface area contributed by atoms with Crippen molar-refractivity contribution in [2.45, 2.75) is 20.3 Å². The van der Waals surface area contributed by atoms with Crippen LogP contribution in [-0.2, 0) is 6.42 Å². The average Bonchev–Trinajstić information content (AvgIpc) is 2.99. The van der Waals surface area contributed by atoms with Crippen molar-refractivity contribution in [3.8, 4) is 5.69 Å². The van der Waals surface area contributed by atoms with Crippen molar-refractivity contribution >= 4 is 11.6 Å². The molecule has 128 valence electrons. The number of aryl methyl sites for hydroxylation is 2. The van der Waals surface area contributed by atoms with Crippen molar-refractivity contribution in [2.75, 3.05) is 0 Å². The Kier molecular flexibility index (Phi) is 3.84. The van der Waals surface area contributed by atoms with Crippen molar-refractivity contribution in [1.82, 2.24) is 14.5 Å². The van der Waals surface area contributed by atoms with Crippen LogP contribution in [0, 0.1) is 13.8 Å². The fourth-order valence-electron chi connectivity index (χ4n) is 3.35. The third-order valence-corrected chi connectivity index (χ3v) is 4.65. The third kappa shape index (κ3) is 2.67. The maximum absolute atomic E-state index is 12.6. The number of carbonyl (C=O) groups is 2. The summed E-state index contributed by atoms with van der Waals surface area (Å²) >= 11 is 0. The van der Waals surface area contributed by atoms with Crippen molar-refractivity contribution in [3.05, 3.63) is 88.8 Å². The van der Waals surface area contributed by atoms with Crippen LogP contribution in [0.1, 0.15) is 37.8 Å². The predicted octanol–water partition coefficient (Wildman–Crippen LogP) is 3.43. The van der Waals surface area contributed by atoms with Gasteiger partial charge in [-0.15, -0.1) is 0 Å². The van der Waals surface area contributed by atoms with Crippen molar-refractivity contribution in [1.29, 1.82) is 0 Å². The van der Waals surface area contributed by atoms with E-state index in [9.17, 15) is 9.59 Å². The van der Waals surface area contributed by atoms with Crippen molar-refractivity contribution < 1.29 is 9.59 Å².